The van der Waals surface area contributed by atoms with Crippen LogP contribution in [0.5, 0.6) is 5.75 Å². The molecule has 0 aliphatic carbocycles. The van der Waals surface area contributed by atoms with Gasteiger partial charge in [0.15, 0.2) is 5.78 Å². The number of carbonyl (C=O) groups is 2. The quantitative estimate of drug-likeness (QED) is 0.377. The summed E-state index contributed by atoms with van der Waals surface area (Å²) >= 11 is 0. The molecular weight excluding hydrogens is 410 g/mol. The van der Waals surface area contributed by atoms with Gasteiger partial charge in [0, 0.05) is 48.9 Å². The predicted octanol–water partition coefficient (Wildman–Crippen LogP) is 3.49. The number of hydrogen-bond donors (Lipinski definition) is 1. The number of amides is 1. The summed E-state index contributed by atoms with van der Waals surface area (Å²) in [5.41, 5.74) is 1.50. The highest BCUT2D eigenvalue weighted by atomic mass is 16.6. The van der Waals surface area contributed by atoms with Gasteiger partial charge >= 0.3 is 0 Å². The monoisotopic (exact) mass is 431 g/mol. The van der Waals surface area contributed by atoms with E-state index in [0.29, 0.717) is 43.0 Å². The van der Waals surface area contributed by atoms with Crippen molar-refractivity contribution in [2.24, 2.45) is 0 Å². The molecule has 1 aliphatic rings. The maximum atomic E-state index is 12.7. The second-order valence-electron chi connectivity index (χ2n) is 7.48. The van der Waals surface area contributed by atoms with Gasteiger partial charge in [0.1, 0.15) is 11.4 Å². The van der Waals surface area contributed by atoms with Crippen molar-refractivity contribution in [3.63, 3.8) is 0 Å². The average molecular weight is 431 g/mol. The van der Waals surface area contributed by atoms with E-state index < -0.39 is 4.92 Å². The Balaban J connectivity index is 1.50. The maximum absolute atomic E-state index is 12.7. The maximum Gasteiger partial charge on any atom is 0.293 e. The van der Waals surface area contributed by atoms with E-state index in [2.05, 4.69) is 0 Å². The van der Waals surface area contributed by atoms with E-state index in [0.717, 1.165) is 0 Å². The van der Waals surface area contributed by atoms with Crippen LogP contribution in [0.4, 0.5) is 11.4 Å². The standard InChI is InChI=1S/C24H21N3O5/c28-20-9-6-18(7-10-20)24(30)26-14-12-25(13-15-26)21-11-8-19(16-22(21)27(31)32)23(29)17-4-2-1-3-5-17/h1-11,16,28H,12-15H2. The molecule has 0 aromatic heterocycles. The smallest absolute Gasteiger partial charge is 0.293 e. The molecule has 1 N–H and O–H groups in total. The van der Waals surface area contributed by atoms with Crippen LogP contribution in [0.1, 0.15) is 26.3 Å². The number of nitro groups is 1. The van der Waals surface area contributed by atoms with Gasteiger partial charge in [-0.05, 0) is 36.4 Å². The van der Waals surface area contributed by atoms with E-state index in [-0.39, 0.29) is 28.7 Å². The minimum atomic E-state index is -0.481. The van der Waals surface area contributed by atoms with Crippen LogP contribution in [0.15, 0.2) is 72.8 Å². The van der Waals surface area contributed by atoms with Gasteiger partial charge in [-0.25, -0.2) is 0 Å². The molecule has 0 spiro atoms. The molecule has 8 nitrogen and oxygen atoms in total. The first-order valence-corrected chi connectivity index (χ1v) is 10.2. The fraction of sp³-hybridized carbons (Fsp3) is 0.167. The van der Waals surface area contributed by atoms with Crippen LogP contribution < -0.4 is 4.90 Å². The Hall–Kier alpha value is -4.20. The molecule has 3 aromatic carbocycles. The molecule has 162 valence electrons. The van der Waals surface area contributed by atoms with Gasteiger partial charge in [-0.15, -0.1) is 0 Å². The van der Waals surface area contributed by atoms with Crippen molar-refractivity contribution >= 4 is 23.1 Å². The number of nitrogens with zero attached hydrogens (tertiary/aromatic N) is 3. The van der Waals surface area contributed by atoms with Crippen LogP contribution in [0.2, 0.25) is 0 Å². The minimum absolute atomic E-state index is 0.0906. The van der Waals surface area contributed by atoms with Crippen molar-refractivity contribution in [2.45, 2.75) is 0 Å². The molecule has 1 aliphatic heterocycles. The molecule has 1 heterocycles. The zero-order valence-electron chi connectivity index (χ0n) is 17.2. The summed E-state index contributed by atoms with van der Waals surface area (Å²) in [5, 5.41) is 21.1. The Kier molecular flexibility index (Phi) is 5.85. The fourth-order valence-corrected chi connectivity index (χ4v) is 3.77. The Bertz CT molecular complexity index is 1150. The molecule has 1 amide bonds. The fourth-order valence-electron chi connectivity index (χ4n) is 3.77. The van der Waals surface area contributed by atoms with Crippen molar-refractivity contribution in [1.29, 1.82) is 0 Å². The van der Waals surface area contributed by atoms with E-state index in [9.17, 15) is 24.8 Å². The number of phenols is 1. The summed E-state index contributed by atoms with van der Waals surface area (Å²) in [6.45, 7) is 1.66. The number of nitro benzene ring substituents is 1. The summed E-state index contributed by atoms with van der Waals surface area (Å²) in [5.74, 6) is -0.333. The third-order valence-electron chi connectivity index (χ3n) is 5.49. The average Bonchev–Trinajstić information content (AvgIpc) is 2.84. The Labute approximate surface area is 184 Å². The SMILES string of the molecule is O=C(c1ccccc1)c1ccc(N2CCN(C(=O)c3ccc(O)cc3)CC2)c([N+](=O)[O-])c1. The van der Waals surface area contributed by atoms with Gasteiger partial charge in [0.25, 0.3) is 11.6 Å². The zero-order valence-corrected chi connectivity index (χ0v) is 17.2. The highest BCUT2D eigenvalue weighted by Gasteiger charge is 2.27. The minimum Gasteiger partial charge on any atom is -0.508 e. The second kappa shape index (κ2) is 8.89. The molecule has 4 rings (SSSR count). The van der Waals surface area contributed by atoms with E-state index in [1.165, 1.54) is 18.2 Å². The number of hydrogen-bond acceptors (Lipinski definition) is 6. The Morgan fingerprint density at radius 2 is 1.44 bits per heavy atom. The van der Waals surface area contributed by atoms with Crippen LogP contribution in [-0.4, -0.2) is 52.8 Å². The molecule has 0 bridgehead atoms. The largest absolute Gasteiger partial charge is 0.508 e. The van der Waals surface area contributed by atoms with Crippen molar-refractivity contribution in [1.82, 2.24) is 4.90 Å². The van der Waals surface area contributed by atoms with Crippen LogP contribution in [0.3, 0.4) is 0 Å². The van der Waals surface area contributed by atoms with Crippen LogP contribution in [0, 0.1) is 10.1 Å². The lowest BCUT2D eigenvalue weighted by molar-refractivity contribution is -0.384. The summed E-state index contributed by atoms with van der Waals surface area (Å²) in [6, 6.07) is 19.2. The Morgan fingerprint density at radius 3 is 2.06 bits per heavy atom. The van der Waals surface area contributed by atoms with Crippen molar-refractivity contribution in [3.05, 3.63) is 99.6 Å². The number of aromatic hydroxyl groups is 1. The normalized spacial score (nSPS) is 13.6. The van der Waals surface area contributed by atoms with Gasteiger partial charge in [-0.1, -0.05) is 30.3 Å². The lowest BCUT2D eigenvalue weighted by atomic mass is 10.0. The molecule has 0 radical (unpaired) electrons. The number of ketones is 1. The van der Waals surface area contributed by atoms with Crippen molar-refractivity contribution in [3.8, 4) is 5.75 Å². The van der Waals surface area contributed by atoms with Crippen molar-refractivity contribution < 1.29 is 19.6 Å². The number of carbonyl (C=O) groups excluding carboxylic acids is 2. The highest BCUT2D eigenvalue weighted by molar-refractivity contribution is 6.09. The second-order valence-corrected chi connectivity index (χ2v) is 7.48. The zero-order chi connectivity index (χ0) is 22.7. The molecule has 3 aromatic rings. The van der Waals surface area contributed by atoms with Crippen LogP contribution >= 0.6 is 0 Å². The van der Waals surface area contributed by atoms with Gasteiger partial charge in [0.05, 0.1) is 4.92 Å². The van der Waals surface area contributed by atoms with Crippen molar-refractivity contribution in [2.75, 3.05) is 31.1 Å². The van der Waals surface area contributed by atoms with E-state index in [1.807, 2.05) is 4.90 Å². The number of anilines is 1. The molecule has 1 fully saturated rings. The highest BCUT2D eigenvalue weighted by Crippen LogP contribution is 2.31. The summed E-state index contributed by atoms with van der Waals surface area (Å²) in [7, 11) is 0. The number of phenolic OH excluding ortho intramolecular Hbond substituents is 1. The first kappa shape index (κ1) is 21.0. The third kappa shape index (κ3) is 4.29. The lowest BCUT2D eigenvalue weighted by Gasteiger charge is -2.36. The summed E-state index contributed by atoms with van der Waals surface area (Å²) in [6.07, 6.45) is 0. The summed E-state index contributed by atoms with van der Waals surface area (Å²) in [4.78, 5) is 40.2. The van der Waals surface area contributed by atoms with Gasteiger partial charge < -0.3 is 14.9 Å². The van der Waals surface area contributed by atoms with E-state index in [1.54, 1.807) is 59.5 Å². The van der Waals surface area contributed by atoms with Gasteiger partial charge in [-0.2, -0.15) is 0 Å². The molecule has 0 atom stereocenters. The molecule has 0 unspecified atom stereocenters. The van der Waals surface area contributed by atoms with Crippen LogP contribution in [0.25, 0.3) is 0 Å². The van der Waals surface area contributed by atoms with Gasteiger partial charge in [-0.3, -0.25) is 19.7 Å². The van der Waals surface area contributed by atoms with Crippen LogP contribution in [-0.2, 0) is 0 Å². The number of benzene rings is 3. The topological polar surface area (TPSA) is 104 Å². The first-order valence-electron chi connectivity index (χ1n) is 10.2. The molecule has 32 heavy (non-hydrogen) atoms. The van der Waals surface area contributed by atoms with E-state index >= 15 is 0 Å². The predicted molar refractivity (Wildman–Crippen MR) is 119 cm³/mol. The summed E-state index contributed by atoms with van der Waals surface area (Å²) < 4.78 is 0. The third-order valence-corrected chi connectivity index (χ3v) is 5.49. The van der Waals surface area contributed by atoms with E-state index in [4.69, 9.17) is 0 Å². The Morgan fingerprint density at radius 1 is 0.812 bits per heavy atom. The molecule has 1 saturated heterocycles. The number of rotatable bonds is 5. The first-order chi connectivity index (χ1) is 15.4. The molecule has 0 saturated carbocycles. The number of piperazine rings is 1. The molecule has 8 heteroatoms. The molecular formula is C24H21N3O5. The van der Waals surface area contributed by atoms with Gasteiger partial charge in [0.2, 0.25) is 0 Å². The lowest BCUT2D eigenvalue weighted by Crippen LogP contribution is -2.49.